The molecule has 106 valence electrons. The van der Waals surface area contributed by atoms with Gasteiger partial charge in [0, 0.05) is 5.02 Å². The summed E-state index contributed by atoms with van der Waals surface area (Å²) in [4.78, 5) is 0. The summed E-state index contributed by atoms with van der Waals surface area (Å²) in [5.41, 5.74) is 1.56. The molecule has 1 atom stereocenters. The minimum absolute atomic E-state index is 0.570. The minimum Gasteiger partial charge on any atom is -0.496 e. The Morgan fingerprint density at radius 1 is 1.15 bits per heavy atom. The lowest BCUT2D eigenvalue weighted by Crippen LogP contribution is -2.00. The van der Waals surface area contributed by atoms with Gasteiger partial charge >= 0.3 is 0 Å². The largest absolute Gasteiger partial charge is 0.496 e. The summed E-state index contributed by atoms with van der Waals surface area (Å²) in [6.45, 7) is 3.59. The average Bonchev–Trinajstić information content (AvgIpc) is 2.42. The Balaban J connectivity index is 2.40. The van der Waals surface area contributed by atoms with Crippen LogP contribution in [0.5, 0.6) is 17.2 Å². The fourth-order valence-corrected chi connectivity index (χ4v) is 2.13. The summed E-state index contributed by atoms with van der Waals surface area (Å²) in [5.74, 6) is 1.84. The lowest BCUT2D eigenvalue weighted by atomic mass is 10.1. The molecular formula is C16H17ClO3. The molecule has 4 heteroatoms. The second-order valence-corrected chi connectivity index (χ2v) is 4.97. The number of aliphatic hydroxyl groups is 1. The van der Waals surface area contributed by atoms with E-state index in [0.29, 0.717) is 27.8 Å². The first-order valence-electron chi connectivity index (χ1n) is 6.32. The molecule has 2 rings (SSSR count). The van der Waals surface area contributed by atoms with Gasteiger partial charge in [-0.2, -0.15) is 0 Å². The number of rotatable bonds is 4. The predicted molar refractivity (Wildman–Crippen MR) is 79.9 cm³/mol. The van der Waals surface area contributed by atoms with Crippen LogP contribution in [-0.4, -0.2) is 12.2 Å². The number of methoxy groups -OCH3 is 1. The van der Waals surface area contributed by atoms with Gasteiger partial charge in [0.15, 0.2) is 0 Å². The molecule has 20 heavy (non-hydrogen) atoms. The van der Waals surface area contributed by atoms with Gasteiger partial charge in [0.05, 0.1) is 18.8 Å². The summed E-state index contributed by atoms with van der Waals surface area (Å²) in [6.07, 6.45) is -0.686. The third-order valence-corrected chi connectivity index (χ3v) is 3.45. The molecular weight excluding hydrogens is 276 g/mol. The molecule has 0 aliphatic rings. The van der Waals surface area contributed by atoms with E-state index in [4.69, 9.17) is 21.1 Å². The van der Waals surface area contributed by atoms with Gasteiger partial charge < -0.3 is 14.6 Å². The van der Waals surface area contributed by atoms with E-state index in [9.17, 15) is 5.11 Å². The molecule has 0 heterocycles. The van der Waals surface area contributed by atoms with E-state index in [2.05, 4.69) is 0 Å². The molecule has 0 spiro atoms. The molecule has 0 aromatic heterocycles. The second kappa shape index (κ2) is 6.16. The van der Waals surface area contributed by atoms with Crippen molar-refractivity contribution >= 4 is 11.6 Å². The zero-order valence-corrected chi connectivity index (χ0v) is 12.4. The van der Waals surface area contributed by atoms with E-state index in [1.165, 1.54) is 0 Å². The smallest absolute Gasteiger partial charge is 0.136 e. The van der Waals surface area contributed by atoms with Crippen LogP contribution in [0.4, 0.5) is 0 Å². The Labute approximate surface area is 123 Å². The van der Waals surface area contributed by atoms with Crippen molar-refractivity contribution in [2.75, 3.05) is 7.11 Å². The highest BCUT2D eigenvalue weighted by molar-refractivity contribution is 6.31. The molecule has 0 aliphatic carbocycles. The lowest BCUT2D eigenvalue weighted by Gasteiger charge is -2.16. The van der Waals surface area contributed by atoms with E-state index in [-0.39, 0.29) is 0 Å². The van der Waals surface area contributed by atoms with Gasteiger partial charge in [-0.3, -0.25) is 0 Å². The monoisotopic (exact) mass is 292 g/mol. The van der Waals surface area contributed by atoms with E-state index in [0.717, 1.165) is 5.56 Å². The number of aryl methyl sites for hydroxylation is 1. The molecule has 0 bridgehead atoms. The molecule has 0 saturated carbocycles. The van der Waals surface area contributed by atoms with Crippen LogP contribution in [0.15, 0.2) is 36.4 Å². The van der Waals surface area contributed by atoms with Gasteiger partial charge in [-0.1, -0.05) is 17.7 Å². The number of halogens is 1. The maximum atomic E-state index is 9.91. The molecule has 2 aromatic carbocycles. The van der Waals surface area contributed by atoms with Gasteiger partial charge in [-0.05, 0) is 49.7 Å². The average molecular weight is 293 g/mol. The van der Waals surface area contributed by atoms with Crippen LogP contribution in [0.1, 0.15) is 24.2 Å². The van der Waals surface area contributed by atoms with E-state index in [1.54, 1.807) is 38.3 Å². The van der Waals surface area contributed by atoms with Crippen LogP contribution in [0.3, 0.4) is 0 Å². The van der Waals surface area contributed by atoms with Gasteiger partial charge in [-0.15, -0.1) is 0 Å². The predicted octanol–water partition coefficient (Wildman–Crippen LogP) is 4.50. The van der Waals surface area contributed by atoms with Crippen molar-refractivity contribution in [1.82, 2.24) is 0 Å². The normalized spacial score (nSPS) is 12.1. The molecule has 0 radical (unpaired) electrons. The van der Waals surface area contributed by atoms with Crippen LogP contribution < -0.4 is 9.47 Å². The SMILES string of the molecule is COc1cccc(Oc2ccc(Cl)c(C)c2)c1C(C)O. The fraction of sp³-hybridized carbons (Fsp3) is 0.250. The first-order valence-corrected chi connectivity index (χ1v) is 6.69. The van der Waals surface area contributed by atoms with Crippen molar-refractivity contribution in [3.8, 4) is 17.2 Å². The Morgan fingerprint density at radius 2 is 1.85 bits per heavy atom. The summed E-state index contributed by atoms with van der Waals surface area (Å²) >= 11 is 6.00. The van der Waals surface area contributed by atoms with Crippen LogP contribution in [-0.2, 0) is 0 Å². The zero-order chi connectivity index (χ0) is 14.7. The summed E-state index contributed by atoms with van der Waals surface area (Å²) in [5, 5.41) is 10.6. The van der Waals surface area contributed by atoms with Crippen molar-refractivity contribution in [3.63, 3.8) is 0 Å². The molecule has 1 unspecified atom stereocenters. The number of benzene rings is 2. The Morgan fingerprint density at radius 3 is 2.45 bits per heavy atom. The summed E-state index contributed by atoms with van der Waals surface area (Å²) in [6, 6.07) is 10.8. The first kappa shape index (κ1) is 14.7. The Bertz CT molecular complexity index is 609. The van der Waals surface area contributed by atoms with Gasteiger partial charge in [0.2, 0.25) is 0 Å². The van der Waals surface area contributed by atoms with Crippen molar-refractivity contribution in [2.45, 2.75) is 20.0 Å². The van der Waals surface area contributed by atoms with Crippen molar-refractivity contribution in [3.05, 3.63) is 52.5 Å². The third-order valence-electron chi connectivity index (χ3n) is 3.02. The van der Waals surface area contributed by atoms with Crippen LogP contribution in [0.2, 0.25) is 5.02 Å². The zero-order valence-electron chi connectivity index (χ0n) is 11.7. The van der Waals surface area contributed by atoms with Crippen molar-refractivity contribution in [2.24, 2.45) is 0 Å². The molecule has 0 aliphatic heterocycles. The van der Waals surface area contributed by atoms with Gasteiger partial charge in [0.1, 0.15) is 17.2 Å². The standard InChI is InChI=1S/C16H17ClO3/c1-10-9-12(7-8-13(10)17)20-15-6-4-5-14(19-3)16(15)11(2)18/h4-9,11,18H,1-3H3. The van der Waals surface area contributed by atoms with Gasteiger partial charge in [-0.25, -0.2) is 0 Å². The second-order valence-electron chi connectivity index (χ2n) is 4.56. The number of hydrogen-bond donors (Lipinski definition) is 1. The molecule has 3 nitrogen and oxygen atoms in total. The highest BCUT2D eigenvalue weighted by Gasteiger charge is 2.16. The fourth-order valence-electron chi connectivity index (χ4n) is 2.01. The van der Waals surface area contributed by atoms with E-state index >= 15 is 0 Å². The van der Waals surface area contributed by atoms with Gasteiger partial charge in [0.25, 0.3) is 0 Å². The maximum Gasteiger partial charge on any atom is 0.136 e. The number of ether oxygens (including phenoxy) is 2. The highest BCUT2D eigenvalue weighted by atomic mass is 35.5. The summed E-state index contributed by atoms with van der Waals surface area (Å²) in [7, 11) is 1.57. The molecule has 1 N–H and O–H groups in total. The first-order chi connectivity index (χ1) is 9.52. The topological polar surface area (TPSA) is 38.7 Å². The molecule has 0 saturated heterocycles. The molecule has 2 aromatic rings. The lowest BCUT2D eigenvalue weighted by molar-refractivity contribution is 0.190. The number of hydrogen-bond acceptors (Lipinski definition) is 3. The van der Waals surface area contributed by atoms with Crippen molar-refractivity contribution in [1.29, 1.82) is 0 Å². The Hall–Kier alpha value is -1.71. The van der Waals surface area contributed by atoms with Crippen LogP contribution in [0.25, 0.3) is 0 Å². The van der Waals surface area contributed by atoms with Crippen LogP contribution >= 0.6 is 11.6 Å². The van der Waals surface area contributed by atoms with Crippen LogP contribution in [0, 0.1) is 6.92 Å². The maximum absolute atomic E-state index is 9.91. The minimum atomic E-state index is -0.686. The third kappa shape index (κ3) is 3.06. The quantitative estimate of drug-likeness (QED) is 0.901. The molecule has 0 amide bonds. The Kier molecular flexibility index (Phi) is 4.53. The molecule has 0 fully saturated rings. The number of aliphatic hydroxyl groups excluding tert-OH is 1. The van der Waals surface area contributed by atoms with E-state index in [1.807, 2.05) is 19.1 Å². The van der Waals surface area contributed by atoms with E-state index < -0.39 is 6.10 Å². The summed E-state index contributed by atoms with van der Waals surface area (Å²) < 4.78 is 11.1. The highest BCUT2D eigenvalue weighted by Crippen LogP contribution is 2.36. The van der Waals surface area contributed by atoms with Crippen molar-refractivity contribution < 1.29 is 14.6 Å².